The van der Waals surface area contributed by atoms with Crippen molar-refractivity contribution in [3.63, 3.8) is 0 Å². The van der Waals surface area contributed by atoms with Crippen LogP contribution in [-0.2, 0) is 21.4 Å². The number of carbonyl (C=O) groups excluding carboxylic acids is 1. The zero-order chi connectivity index (χ0) is 23.4. The largest absolute Gasteiger partial charge is 0.325 e. The first-order chi connectivity index (χ1) is 15.8. The predicted molar refractivity (Wildman–Crippen MR) is 131 cm³/mol. The van der Waals surface area contributed by atoms with Crippen molar-refractivity contribution in [3.8, 4) is 0 Å². The monoisotopic (exact) mass is 490 g/mol. The molecule has 0 radical (unpaired) electrons. The van der Waals surface area contributed by atoms with E-state index in [0.717, 1.165) is 50.6 Å². The number of hydrogen-bond acceptors (Lipinski definition) is 5. The van der Waals surface area contributed by atoms with Crippen molar-refractivity contribution in [1.29, 1.82) is 0 Å². The number of halogens is 1. The second kappa shape index (κ2) is 10.5. The van der Waals surface area contributed by atoms with Gasteiger partial charge in [-0.3, -0.25) is 14.6 Å². The maximum atomic E-state index is 12.8. The van der Waals surface area contributed by atoms with Gasteiger partial charge in [-0.15, -0.1) is 0 Å². The average Bonchev–Trinajstić information content (AvgIpc) is 3.36. The molecule has 2 aliphatic heterocycles. The Balaban J connectivity index is 1.28. The Morgan fingerprint density at radius 3 is 2.30 bits per heavy atom. The van der Waals surface area contributed by atoms with E-state index in [1.807, 2.05) is 25.1 Å². The van der Waals surface area contributed by atoms with E-state index in [9.17, 15) is 13.2 Å². The molecule has 178 valence electrons. The summed E-state index contributed by atoms with van der Waals surface area (Å²) in [6.07, 6.45) is 1.81. The fourth-order valence-electron chi connectivity index (χ4n) is 4.40. The molecule has 2 aliphatic rings. The van der Waals surface area contributed by atoms with Crippen molar-refractivity contribution < 1.29 is 13.2 Å². The van der Waals surface area contributed by atoms with Gasteiger partial charge in [0, 0.05) is 56.5 Å². The van der Waals surface area contributed by atoms with Crippen molar-refractivity contribution in [2.45, 2.75) is 37.2 Å². The zero-order valence-electron chi connectivity index (χ0n) is 18.9. The summed E-state index contributed by atoms with van der Waals surface area (Å²) in [5.74, 6) is -0.0894. The van der Waals surface area contributed by atoms with E-state index in [-0.39, 0.29) is 16.8 Å². The molecular weight excluding hydrogens is 460 g/mol. The minimum atomic E-state index is -3.45. The van der Waals surface area contributed by atoms with Crippen LogP contribution in [0.25, 0.3) is 0 Å². The number of nitrogens with zero attached hydrogens (tertiary/aromatic N) is 3. The normalized spacial score (nSPS) is 19.5. The first kappa shape index (κ1) is 24.2. The number of nitrogens with one attached hydrogen (secondary N) is 1. The molecule has 1 amide bonds. The number of piperazine rings is 1. The smallest absolute Gasteiger partial charge is 0.243 e. The van der Waals surface area contributed by atoms with Crippen LogP contribution in [0.15, 0.2) is 53.4 Å². The lowest BCUT2D eigenvalue weighted by molar-refractivity contribution is -0.121. The highest BCUT2D eigenvalue weighted by Gasteiger charge is 2.28. The Morgan fingerprint density at radius 1 is 1.00 bits per heavy atom. The molecule has 0 aromatic heterocycles. The van der Waals surface area contributed by atoms with Gasteiger partial charge in [-0.2, -0.15) is 4.31 Å². The molecule has 1 atom stereocenters. The minimum absolute atomic E-state index is 0.0894. The number of anilines is 1. The molecule has 2 fully saturated rings. The summed E-state index contributed by atoms with van der Waals surface area (Å²) in [6, 6.07) is 14.1. The third kappa shape index (κ3) is 5.94. The maximum absolute atomic E-state index is 12.8. The molecule has 2 aromatic carbocycles. The van der Waals surface area contributed by atoms with Gasteiger partial charge in [0.1, 0.15) is 0 Å². The van der Waals surface area contributed by atoms with Gasteiger partial charge in [-0.05, 0) is 61.7 Å². The molecule has 2 heterocycles. The molecule has 2 saturated heterocycles. The van der Waals surface area contributed by atoms with Crippen LogP contribution in [0.4, 0.5) is 5.69 Å². The van der Waals surface area contributed by atoms with Gasteiger partial charge in [0.2, 0.25) is 15.9 Å². The summed E-state index contributed by atoms with van der Waals surface area (Å²) < 4.78 is 26.8. The van der Waals surface area contributed by atoms with Gasteiger partial charge in [0.15, 0.2) is 0 Å². The Hall–Kier alpha value is -1.97. The molecule has 0 saturated carbocycles. The maximum Gasteiger partial charge on any atom is 0.243 e. The lowest BCUT2D eigenvalue weighted by Gasteiger charge is -2.37. The minimum Gasteiger partial charge on any atom is -0.325 e. The fraction of sp³-hybridized carbons (Fsp3) is 0.458. The SMILES string of the molecule is C[C@H](C(=O)Nc1ccc(S(=O)(=O)N2CCCC2)cc1)N1CCN(Cc2cccc(Cl)c2)CC1. The summed E-state index contributed by atoms with van der Waals surface area (Å²) in [5, 5.41) is 3.68. The van der Waals surface area contributed by atoms with Crippen LogP contribution in [-0.4, -0.2) is 73.7 Å². The van der Waals surface area contributed by atoms with E-state index in [0.29, 0.717) is 18.8 Å². The standard InChI is InChI=1S/C24H31ClN4O3S/c1-19(28-15-13-27(14-16-28)18-20-5-4-6-21(25)17-20)24(30)26-22-7-9-23(10-8-22)33(31,32)29-11-2-3-12-29/h4-10,17,19H,2-3,11-16,18H2,1H3,(H,26,30)/t19-/m1/s1. The predicted octanol–water partition coefficient (Wildman–Crippen LogP) is 3.27. The van der Waals surface area contributed by atoms with E-state index in [4.69, 9.17) is 11.6 Å². The van der Waals surface area contributed by atoms with Crippen LogP contribution >= 0.6 is 11.6 Å². The topological polar surface area (TPSA) is 73.0 Å². The Morgan fingerprint density at radius 2 is 1.67 bits per heavy atom. The van der Waals surface area contributed by atoms with E-state index >= 15 is 0 Å². The van der Waals surface area contributed by atoms with Crippen LogP contribution in [0.5, 0.6) is 0 Å². The lowest BCUT2D eigenvalue weighted by atomic mass is 10.1. The number of amides is 1. The molecule has 0 bridgehead atoms. The van der Waals surface area contributed by atoms with Crippen LogP contribution in [0, 0.1) is 0 Å². The zero-order valence-corrected chi connectivity index (χ0v) is 20.5. The summed E-state index contributed by atoms with van der Waals surface area (Å²) in [5.41, 5.74) is 1.80. The van der Waals surface area contributed by atoms with E-state index < -0.39 is 10.0 Å². The first-order valence-corrected chi connectivity index (χ1v) is 13.3. The molecule has 7 nitrogen and oxygen atoms in total. The average molecular weight is 491 g/mol. The third-order valence-corrected chi connectivity index (χ3v) is 8.60. The summed E-state index contributed by atoms with van der Waals surface area (Å²) in [6.45, 7) is 7.29. The summed E-state index contributed by atoms with van der Waals surface area (Å²) >= 11 is 6.09. The molecule has 33 heavy (non-hydrogen) atoms. The van der Waals surface area contributed by atoms with Gasteiger partial charge in [0.05, 0.1) is 10.9 Å². The summed E-state index contributed by atoms with van der Waals surface area (Å²) in [7, 11) is -3.45. The number of sulfonamides is 1. The highest BCUT2D eigenvalue weighted by atomic mass is 35.5. The van der Waals surface area contributed by atoms with Gasteiger partial charge in [0.25, 0.3) is 0 Å². The van der Waals surface area contributed by atoms with E-state index in [1.165, 1.54) is 9.87 Å². The van der Waals surface area contributed by atoms with Gasteiger partial charge in [-0.25, -0.2) is 8.42 Å². The third-order valence-electron chi connectivity index (χ3n) is 6.45. The van der Waals surface area contributed by atoms with E-state index in [1.54, 1.807) is 24.3 Å². The second-order valence-electron chi connectivity index (χ2n) is 8.74. The van der Waals surface area contributed by atoms with Crippen LogP contribution in [0.2, 0.25) is 5.02 Å². The van der Waals surface area contributed by atoms with Gasteiger partial charge < -0.3 is 5.32 Å². The van der Waals surface area contributed by atoms with Crippen molar-refractivity contribution in [1.82, 2.24) is 14.1 Å². The molecular formula is C24H31ClN4O3S. The van der Waals surface area contributed by atoms with E-state index in [2.05, 4.69) is 21.2 Å². The molecule has 0 spiro atoms. The second-order valence-corrected chi connectivity index (χ2v) is 11.1. The van der Waals surface area contributed by atoms with Crippen LogP contribution in [0.3, 0.4) is 0 Å². The van der Waals surface area contributed by atoms with Crippen molar-refractivity contribution in [3.05, 3.63) is 59.1 Å². The van der Waals surface area contributed by atoms with Crippen LogP contribution in [0.1, 0.15) is 25.3 Å². The van der Waals surface area contributed by atoms with Crippen molar-refractivity contribution in [2.24, 2.45) is 0 Å². The molecule has 2 aromatic rings. The molecule has 1 N–H and O–H groups in total. The number of hydrogen-bond donors (Lipinski definition) is 1. The highest BCUT2D eigenvalue weighted by Crippen LogP contribution is 2.22. The van der Waals surface area contributed by atoms with Gasteiger partial charge in [-0.1, -0.05) is 23.7 Å². The first-order valence-electron chi connectivity index (χ1n) is 11.4. The van der Waals surface area contributed by atoms with Crippen molar-refractivity contribution >= 4 is 33.2 Å². The van der Waals surface area contributed by atoms with Gasteiger partial charge >= 0.3 is 0 Å². The molecule has 9 heteroatoms. The molecule has 0 aliphatic carbocycles. The Labute approximate surface area is 201 Å². The van der Waals surface area contributed by atoms with Crippen LogP contribution < -0.4 is 5.32 Å². The Kier molecular flexibility index (Phi) is 7.71. The number of carbonyl (C=O) groups is 1. The number of benzene rings is 2. The lowest BCUT2D eigenvalue weighted by Crippen LogP contribution is -2.52. The summed E-state index contributed by atoms with van der Waals surface area (Å²) in [4.78, 5) is 17.6. The van der Waals surface area contributed by atoms with Crippen molar-refractivity contribution in [2.75, 3.05) is 44.6 Å². The number of rotatable bonds is 7. The Bertz CT molecular complexity index is 1060. The quantitative estimate of drug-likeness (QED) is 0.645. The molecule has 4 rings (SSSR count). The highest BCUT2D eigenvalue weighted by molar-refractivity contribution is 7.89. The molecule has 0 unspecified atom stereocenters. The fourth-order valence-corrected chi connectivity index (χ4v) is 6.13.